The lowest BCUT2D eigenvalue weighted by Crippen LogP contribution is -2.36. The number of nitrogens with zero attached hydrogens (tertiary/aromatic N) is 1. The Balaban J connectivity index is 2.09. The molecule has 24 heavy (non-hydrogen) atoms. The maximum absolute atomic E-state index is 12.2. The summed E-state index contributed by atoms with van der Waals surface area (Å²) >= 11 is 6.02. The van der Waals surface area contributed by atoms with Crippen LogP contribution in [-0.4, -0.2) is 25.0 Å². The van der Waals surface area contributed by atoms with Crippen molar-refractivity contribution >= 4 is 34.8 Å². The van der Waals surface area contributed by atoms with E-state index in [1.165, 1.54) is 11.8 Å². The summed E-state index contributed by atoms with van der Waals surface area (Å²) in [6.45, 7) is 3.78. The minimum absolute atomic E-state index is 0.103. The standard InChI is InChI=1S/C18H19ClN2O3/c1-3-24-15-10-8-14(9-11-15)21(13(2)22)12-18(23)20-17-7-5-4-6-16(17)19/h4-11H,3,12H2,1-2H3,(H,20,23). The molecule has 2 aromatic rings. The summed E-state index contributed by atoms with van der Waals surface area (Å²) in [6, 6.07) is 14.0. The lowest BCUT2D eigenvalue weighted by Gasteiger charge is -2.21. The molecule has 1 N–H and O–H groups in total. The van der Waals surface area contributed by atoms with Crippen molar-refractivity contribution in [3.63, 3.8) is 0 Å². The van der Waals surface area contributed by atoms with E-state index in [0.717, 1.165) is 0 Å². The topological polar surface area (TPSA) is 58.6 Å². The molecule has 0 atom stereocenters. The number of nitrogens with one attached hydrogen (secondary N) is 1. The van der Waals surface area contributed by atoms with Gasteiger partial charge in [0.25, 0.3) is 0 Å². The quantitative estimate of drug-likeness (QED) is 0.867. The Bertz CT molecular complexity index is 716. The van der Waals surface area contributed by atoms with Crippen LogP contribution >= 0.6 is 11.6 Å². The SMILES string of the molecule is CCOc1ccc(N(CC(=O)Nc2ccccc2Cl)C(C)=O)cc1. The molecular weight excluding hydrogens is 328 g/mol. The molecule has 6 heteroatoms. The maximum Gasteiger partial charge on any atom is 0.244 e. The van der Waals surface area contributed by atoms with Crippen molar-refractivity contribution in [2.24, 2.45) is 0 Å². The zero-order valence-electron chi connectivity index (χ0n) is 13.6. The van der Waals surface area contributed by atoms with Gasteiger partial charge in [-0.25, -0.2) is 0 Å². The summed E-state index contributed by atoms with van der Waals surface area (Å²) in [5.74, 6) is 0.158. The summed E-state index contributed by atoms with van der Waals surface area (Å²) in [5.41, 5.74) is 1.14. The predicted molar refractivity (Wildman–Crippen MR) is 95.7 cm³/mol. The van der Waals surface area contributed by atoms with Gasteiger partial charge in [0.2, 0.25) is 11.8 Å². The second-order valence-electron chi connectivity index (χ2n) is 5.06. The molecule has 0 spiro atoms. The van der Waals surface area contributed by atoms with Gasteiger partial charge in [0, 0.05) is 12.6 Å². The third-order valence-corrected chi connectivity index (χ3v) is 3.62. The summed E-state index contributed by atoms with van der Waals surface area (Å²) in [4.78, 5) is 25.5. The molecule has 0 radical (unpaired) electrons. The Labute approximate surface area is 146 Å². The number of carbonyl (C=O) groups excluding carboxylic acids is 2. The second kappa shape index (κ2) is 8.36. The molecule has 5 nitrogen and oxygen atoms in total. The summed E-state index contributed by atoms with van der Waals surface area (Å²) in [5, 5.41) is 3.15. The molecule has 0 aromatic heterocycles. The zero-order chi connectivity index (χ0) is 17.5. The third kappa shape index (κ3) is 4.73. The van der Waals surface area contributed by atoms with Crippen LogP contribution in [-0.2, 0) is 9.59 Å². The highest BCUT2D eigenvalue weighted by atomic mass is 35.5. The van der Waals surface area contributed by atoms with E-state index in [2.05, 4.69) is 5.32 Å². The molecule has 0 fully saturated rings. The van der Waals surface area contributed by atoms with Gasteiger partial charge in [0.05, 0.1) is 17.3 Å². The van der Waals surface area contributed by atoms with E-state index in [1.54, 1.807) is 48.5 Å². The molecule has 0 saturated heterocycles. The Morgan fingerprint density at radius 2 is 1.79 bits per heavy atom. The van der Waals surface area contributed by atoms with Crippen molar-refractivity contribution < 1.29 is 14.3 Å². The van der Waals surface area contributed by atoms with E-state index in [-0.39, 0.29) is 18.4 Å². The fourth-order valence-electron chi connectivity index (χ4n) is 2.17. The molecule has 126 valence electrons. The Kier molecular flexibility index (Phi) is 6.21. The largest absolute Gasteiger partial charge is 0.494 e. The van der Waals surface area contributed by atoms with Crippen LogP contribution in [0.1, 0.15) is 13.8 Å². The molecule has 0 aliphatic rings. The average Bonchev–Trinajstić information content (AvgIpc) is 2.56. The van der Waals surface area contributed by atoms with Gasteiger partial charge >= 0.3 is 0 Å². The van der Waals surface area contributed by atoms with Crippen molar-refractivity contribution in [2.75, 3.05) is 23.4 Å². The number of rotatable bonds is 6. The fraction of sp³-hybridized carbons (Fsp3) is 0.222. The van der Waals surface area contributed by atoms with Gasteiger partial charge in [-0.1, -0.05) is 23.7 Å². The van der Waals surface area contributed by atoms with Gasteiger partial charge in [0.1, 0.15) is 12.3 Å². The number of ether oxygens (including phenoxy) is 1. The number of hydrogen-bond acceptors (Lipinski definition) is 3. The molecule has 0 bridgehead atoms. The summed E-state index contributed by atoms with van der Waals surface area (Å²) in [6.07, 6.45) is 0. The van der Waals surface area contributed by atoms with E-state index >= 15 is 0 Å². The first kappa shape index (κ1) is 17.8. The summed E-state index contributed by atoms with van der Waals surface area (Å²) < 4.78 is 5.38. The van der Waals surface area contributed by atoms with Crippen molar-refractivity contribution in [3.05, 3.63) is 53.6 Å². The number of benzene rings is 2. The lowest BCUT2D eigenvalue weighted by molar-refractivity contribution is -0.120. The number of halogens is 1. The molecule has 2 amide bonds. The van der Waals surface area contributed by atoms with E-state index in [1.807, 2.05) is 6.92 Å². The van der Waals surface area contributed by atoms with E-state index in [4.69, 9.17) is 16.3 Å². The van der Waals surface area contributed by atoms with Crippen LogP contribution in [0, 0.1) is 0 Å². The van der Waals surface area contributed by atoms with Crippen molar-refractivity contribution in [1.29, 1.82) is 0 Å². The van der Waals surface area contributed by atoms with Gasteiger partial charge in [-0.3, -0.25) is 9.59 Å². The molecule has 0 unspecified atom stereocenters. The molecule has 2 aromatic carbocycles. The minimum atomic E-state index is -0.327. The van der Waals surface area contributed by atoms with Gasteiger partial charge in [0.15, 0.2) is 0 Å². The van der Waals surface area contributed by atoms with Crippen molar-refractivity contribution in [2.45, 2.75) is 13.8 Å². The molecule has 0 aliphatic heterocycles. The summed E-state index contributed by atoms with van der Waals surface area (Å²) in [7, 11) is 0. The normalized spacial score (nSPS) is 10.1. The number of carbonyl (C=O) groups is 2. The Hall–Kier alpha value is -2.53. The highest BCUT2D eigenvalue weighted by molar-refractivity contribution is 6.33. The highest BCUT2D eigenvalue weighted by Gasteiger charge is 2.16. The molecule has 0 saturated carbocycles. The Morgan fingerprint density at radius 1 is 1.12 bits per heavy atom. The Morgan fingerprint density at radius 3 is 2.38 bits per heavy atom. The van der Waals surface area contributed by atoms with Crippen LogP contribution in [0.2, 0.25) is 5.02 Å². The number of anilines is 2. The minimum Gasteiger partial charge on any atom is -0.494 e. The highest BCUT2D eigenvalue weighted by Crippen LogP contribution is 2.22. The number of amides is 2. The molecule has 0 aliphatic carbocycles. The lowest BCUT2D eigenvalue weighted by atomic mass is 10.2. The van der Waals surface area contributed by atoms with Crippen LogP contribution < -0.4 is 15.0 Å². The van der Waals surface area contributed by atoms with E-state index in [0.29, 0.717) is 28.8 Å². The monoisotopic (exact) mass is 346 g/mol. The van der Waals surface area contributed by atoms with Gasteiger partial charge in [-0.15, -0.1) is 0 Å². The van der Waals surface area contributed by atoms with Crippen molar-refractivity contribution in [1.82, 2.24) is 0 Å². The van der Waals surface area contributed by atoms with Crippen LogP contribution in [0.25, 0.3) is 0 Å². The molecule has 2 rings (SSSR count). The van der Waals surface area contributed by atoms with Crippen LogP contribution in [0.3, 0.4) is 0 Å². The van der Waals surface area contributed by atoms with Crippen LogP contribution in [0.5, 0.6) is 5.75 Å². The maximum atomic E-state index is 12.2. The zero-order valence-corrected chi connectivity index (χ0v) is 14.3. The van der Waals surface area contributed by atoms with Crippen molar-refractivity contribution in [3.8, 4) is 5.75 Å². The van der Waals surface area contributed by atoms with Gasteiger partial charge < -0.3 is 15.0 Å². The predicted octanol–water partition coefficient (Wildman–Crippen LogP) is 3.73. The second-order valence-corrected chi connectivity index (χ2v) is 5.47. The first-order valence-corrected chi connectivity index (χ1v) is 7.94. The first-order chi connectivity index (χ1) is 11.5. The number of hydrogen-bond donors (Lipinski definition) is 1. The molecule has 0 heterocycles. The fourth-order valence-corrected chi connectivity index (χ4v) is 2.35. The molecular formula is C18H19ClN2O3. The first-order valence-electron chi connectivity index (χ1n) is 7.56. The van der Waals surface area contributed by atoms with E-state index < -0.39 is 0 Å². The van der Waals surface area contributed by atoms with Crippen LogP contribution in [0.15, 0.2) is 48.5 Å². The van der Waals surface area contributed by atoms with Gasteiger partial charge in [-0.2, -0.15) is 0 Å². The smallest absolute Gasteiger partial charge is 0.244 e. The number of para-hydroxylation sites is 1. The average molecular weight is 347 g/mol. The van der Waals surface area contributed by atoms with E-state index in [9.17, 15) is 9.59 Å². The van der Waals surface area contributed by atoms with Gasteiger partial charge in [-0.05, 0) is 43.3 Å². The van der Waals surface area contributed by atoms with Crippen LogP contribution in [0.4, 0.5) is 11.4 Å². The third-order valence-electron chi connectivity index (χ3n) is 3.29.